The molecule has 0 aliphatic heterocycles. The lowest BCUT2D eigenvalue weighted by Crippen LogP contribution is -2.17. The SMILES string of the molecule is C=C(CCC(=CCC)CC=CC)C(=C)C(C)CC1=CCCC(CC2CCC(CC(C)=CC=CC)CC2)C#C1. The van der Waals surface area contributed by atoms with E-state index in [0.717, 1.165) is 50.4 Å². The molecular weight excluding hydrogens is 456 g/mol. The maximum atomic E-state index is 4.45. The molecule has 0 N–H and O–H groups in total. The van der Waals surface area contributed by atoms with E-state index < -0.39 is 0 Å². The Kier molecular flexibility index (Phi) is 15.2. The van der Waals surface area contributed by atoms with Gasteiger partial charge >= 0.3 is 0 Å². The zero-order valence-electron chi connectivity index (χ0n) is 25.5. The van der Waals surface area contributed by atoms with Crippen molar-refractivity contribution in [2.45, 2.75) is 118 Å². The zero-order valence-corrected chi connectivity index (χ0v) is 25.5. The third-order valence-corrected chi connectivity index (χ3v) is 8.54. The summed E-state index contributed by atoms with van der Waals surface area (Å²) in [4.78, 5) is 0. The van der Waals surface area contributed by atoms with Crippen molar-refractivity contribution in [1.29, 1.82) is 0 Å². The normalized spacial score (nSPS) is 23.6. The Labute approximate surface area is 236 Å². The van der Waals surface area contributed by atoms with Crippen molar-refractivity contribution in [2.24, 2.45) is 23.7 Å². The molecule has 0 aromatic heterocycles. The Morgan fingerprint density at radius 2 is 1.79 bits per heavy atom. The Morgan fingerprint density at radius 3 is 2.47 bits per heavy atom. The smallest absolute Gasteiger partial charge is 0.0212 e. The summed E-state index contributed by atoms with van der Waals surface area (Å²) in [5.74, 6) is 10.0. The average molecular weight is 513 g/mol. The van der Waals surface area contributed by atoms with Crippen LogP contribution in [0.5, 0.6) is 0 Å². The summed E-state index contributed by atoms with van der Waals surface area (Å²) in [6.07, 6.45) is 31.5. The lowest BCUT2D eigenvalue weighted by atomic mass is 9.76. The van der Waals surface area contributed by atoms with Crippen molar-refractivity contribution in [3.63, 3.8) is 0 Å². The third-order valence-electron chi connectivity index (χ3n) is 8.54. The van der Waals surface area contributed by atoms with Crippen molar-refractivity contribution in [2.75, 3.05) is 0 Å². The van der Waals surface area contributed by atoms with Gasteiger partial charge in [0, 0.05) is 5.92 Å². The maximum Gasteiger partial charge on any atom is 0.0212 e. The molecule has 0 aromatic rings. The molecule has 1 fully saturated rings. The van der Waals surface area contributed by atoms with Gasteiger partial charge < -0.3 is 0 Å². The second kappa shape index (κ2) is 18.1. The lowest BCUT2D eigenvalue weighted by molar-refractivity contribution is 0.245. The predicted octanol–water partition coefficient (Wildman–Crippen LogP) is 11.7. The highest BCUT2D eigenvalue weighted by molar-refractivity contribution is 5.35. The summed E-state index contributed by atoms with van der Waals surface area (Å²) < 4.78 is 0. The molecule has 1 saturated carbocycles. The molecule has 0 radical (unpaired) electrons. The fourth-order valence-electron chi connectivity index (χ4n) is 6.06. The summed E-state index contributed by atoms with van der Waals surface area (Å²) in [6, 6.07) is 0. The van der Waals surface area contributed by atoms with Gasteiger partial charge in [0.25, 0.3) is 0 Å². The molecule has 0 nitrogen and oxygen atoms in total. The molecule has 0 saturated heterocycles. The summed E-state index contributed by atoms with van der Waals surface area (Å²) >= 11 is 0. The molecule has 2 rings (SSSR count). The molecule has 2 aliphatic carbocycles. The molecule has 2 unspecified atom stereocenters. The standard InChI is InChI=1S/C38H56/c1-8-11-15-30(4)27-37-23-25-38(26-24-37)29-36-18-13-17-35(21-22-36)28-32(6)33(7)31(5)19-20-34(14-10-3)16-12-9-2/h8-9,11-12,14-15,17,32,36-38H,5,7,10,13,16,18-20,23-29H2,1-4,6H3. The van der Waals surface area contributed by atoms with E-state index in [1.807, 2.05) is 0 Å². The van der Waals surface area contributed by atoms with E-state index >= 15 is 0 Å². The first-order chi connectivity index (χ1) is 18.4. The molecule has 0 bridgehead atoms. The first-order valence-corrected chi connectivity index (χ1v) is 15.5. The van der Waals surface area contributed by atoms with Crippen LogP contribution in [-0.4, -0.2) is 0 Å². The van der Waals surface area contributed by atoms with Crippen LogP contribution in [0.2, 0.25) is 0 Å². The Balaban J connectivity index is 1.79. The molecule has 0 aromatic carbocycles. The molecule has 0 spiro atoms. The van der Waals surface area contributed by atoms with Gasteiger partial charge in [-0.25, -0.2) is 0 Å². The summed E-state index contributed by atoms with van der Waals surface area (Å²) in [5, 5.41) is 0. The van der Waals surface area contributed by atoms with E-state index in [2.05, 4.69) is 102 Å². The van der Waals surface area contributed by atoms with E-state index in [-0.39, 0.29) is 0 Å². The minimum Gasteiger partial charge on any atom is -0.0956 e. The molecule has 38 heavy (non-hydrogen) atoms. The number of hydrogen-bond acceptors (Lipinski definition) is 0. The topological polar surface area (TPSA) is 0 Å². The first-order valence-electron chi connectivity index (χ1n) is 15.5. The lowest BCUT2D eigenvalue weighted by Gasteiger charge is -2.30. The highest BCUT2D eigenvalue weighted by atomic mass is 14.3. The second-order valence-corrected chi connectivity index (χ2v) is 11.9. The summed E-state index contributed by atoms with van der Waals surface area (Å²) in [7, 11) is 0. The molecule has 0 amide bonds. The first kappa shape index (κ1) is 32.0. The largest absolute Gasteiger partial charge is 0.0956 e. The minimum absolute atomic E-state index is 0.398. The monoisotopic (exact) mass is 512 g/mol. The van der Waals surface area contributed by atoms with E-state index in [0.29, 0.717) is 11.8 Å². The van der Waals surface area contributed by atoms with Crippen LogP contribution in [0.15, 0.2) is 83.6 Å². The Hall–Kier alpha value is -2.26. The molecule has 0 heteroatoms. The summed E-state index contributed by atoms with van der Waals surface area (Å²) in [6.45, 7) is 19.8. The average Bonchev–Trinajstić information content (AvgIpc) is 3.14. The van der Waals surface area contributed by atoms with Crippen molar-refractivity contribution in [3.8, 4) is 11.8 Å². The van der Waals surface area contributed by atoms with Gasteiger partial charge in [0.2, 0.25) is 0 Å². The molecule has 0 heterocycles. The van der Waals surface area contributed by atoms with E-state index in [4.69, 9.17) is 0 Å². The van der Waals surface area contributed by atoms with Crippen LogP contribution in [0, 0.1) is 35.5 Å². The van der Waals surface area contributed by atoms with Crippen LogP contribution >= 0.6 is 0 Å². The van der Waals surface area contributed by atoms with E-state index in [1.54, 1.807) is 0 Å². The molecule has 208 valence electrons. The van der Waals surface area contributed by atoms with Crippen molar-refractivity contribution >= 4 is 0 Å². The maximum absolute atomic E-state index is 4.45. The van der Waals surface area contributed by atoms with Crippen molar-refractivity contribution in [3.05, 3.63) is 83.6 Å². The van der Waals surface area contributed by atoms with Crippen molar-refractivity contribution < 1.29 is 0 Å². The minimum atomic E-state index is 0.398. The highest BCUT2D eigenvalue weighted by Crippen LogP contribution is 2.37. The Bertz CT molecular complexity index is 955. The number of allylic oxidation sites excluding steroid dienone is 12. The van der Waals surface area contributed by atoms with Gasteiger partial charge in [0.05, 0.1) is 0 Å². The third kappa shape index (κ3) is 12.1. The predicted molar refractivity (Wildman–Crippen MR) is 171 cm³/mol. The highest BCUT2D eigenvalue weighted by Gasteiger charge is 2.24. The number of rotatable bonds is 15. The van der Waals surface area contributed by atoms with Crippen LogP contribution in [0.1, 0.15) is 118 Å². The molecule has 2 aliphatic rings. The second-order valence-electron chi connectivity index (χ2n) is 11.9. The fraction of sp³-hybridized carbons (Fsp3) is 0.579. The van der Waals surface area contributed by atoms with Gasteiger partial charge in [-0.05, 0) is 120 Å². The quantitative estimate of drug-likeness (QED) is 0.116. The van der Waals surface area contributed by atoms with E-state index in [1.165, 1.54) is 72.8 Å². The van der Waals surface area contributed by atoms with Gasteiger partial charge in [-0.2, -0.15) is 0 Å². The molecular formula is C38H56. The van der Waals surface area contributed by atoms with E-state index in [9.17, 15) is 0 Å². The zero-order chi connectivity index (χ0) is 27.8. The molecule has 2 atom stereocenters. The number of hydrogen-bond donors (Lipinski definition) is 0. The van der Waals surface area contributed by atoms with Crippen LogP contribution in [-0.2, 0) is 0 Å². The van der Waals surface area contributed by atoms with Crippen LogP contribution in [0.25, 0.3) is 0 Å². The van der Waals surface area contributed by atoms with Crippen molar-refractivity contribution in [1.82, 2.24) is 0 Å². The fourth-order valence-corrected chi connectivity index (χ4v) is 6.06. The van der Waals surface area contributed by atoms with Crippen LogP contribution in [0.4, 0.5) is 0 Å². The van der Waals surface area contributed by atoms with Crippen LogP contribution in [0.3, 0.4) is 0 Å². The van der Waals surface area contributed by atoms with Gasteiger partial charge in [-0.3, -0.25) is 0 Å². The van der Waals surface area contributed by atoms with Crippen LogP contribution < -0.4 is 0 Å². The summed E-state index contributed by atoms with van der Waals surface area (Å²) in [5.41, 5.74) is 6.79. The Morgan fingerprint density at radius 1 is 1.05 bits per heavy atom. The van der Waals surface area contributed by atoms with Gasteiger partial charge in [-0.1, -0.05) is 111 Å². The van der Waals surface area contributed by atoms with Gasteiger partial charge in [0.15, 0.2) is 0 Å². The van der Waals surface area contributed by atoms with Gasteiger partial charge in [0.1, 0.15) is 0 Å². The van der Waals surface area contributed by atoms with Gasteiger partial charge in [-0.15, -0.1) is 0 Å².